The molecule has 0 N–H and O–H groups in total. The molecule has 0 bridgehead atoms. The number of aromatic nitrogens is 2. The molecule has 0 amide bonds. The van der Waals surface area contributed by atoms with Crippen LogP contribution in [0.2, 0.25) is 10.0 Å². The molecule has 0 spiro atoms. The number of rotatable bonds is 2. The van der Waals surface area contributed by atoms with Gasteiger partial charge in [-0.05, 0) is 18.2 Å². The zero-order chi connectivity index (χ0) is 11.5. The minimum atomic E-state index is 0.476. The van der Waals surface area contributed by atoms with Crippen LogP contribution in [0.3, 0.4) is 0 Å². The van der Waals surface area contributed by atoms with Crippen molar-refractivity contribution < 1.29 is 4.74 Å². The molecule has 3 nitrogen and oxygen atoms in total. The van der Waals surface area contributed by atoms with Crippen molar-refractivity contribution in [2.45, 2.75) is 0 Å². The van der Waals surface area contributed by atoms with Crippen LogP contribution < -0.4 is 4.74 Å². The van der Waals surface area contributed by atoms with Gasteiger partial charge >= 0.3 is 0 Å². The molecule has 0 atom stereocenters. The van der Waals surface area contributed by atoms with E-state index in [1.807, 2.05) is 12.1 Å². The van der Waals surface area contributed by atoms with Crippen LogP contribution in [0.25, 0.3) is 11.3 Å². The average molecular weight is 255 g/mol. The molecule has 1 aromatic carbocycles. The van der Waals surface area contributed by atoms with Gasteiger partial charge in [0.15, 0.2) is 0 Å². The van der Waals surface area contributed by atoms with Crippen molar-refractivity contribution in [1.82, 2.24) is 10.2 Å². The number of benzene rings is 1. The van der Waals surface area contributed by atoms with Gasteiger partial charge in [0.1, 0.15) is 0 Å². The van der Waals surface area contributed by atoms with Crippen LogP contribution in [0.4, 0.5) is 0 Å². The first-order valence-electron chi connectivity index (χ1n) is 4.54. The Labute approximate surface area is 103 Å². The molecule has 0 radical (unpaired) electrons. The highest BCUT2D eigenvalue weighted by Gasteiger charge is 2.04. The number of halogens is 2. The highest BCUT2D eigenvalue weighted by Crippen LogP contribution is 2.27. The van der Waals surface area contributed by atoms with E-state index in [4.69, 9.17) is 27.9 Å². The van der Waals surface area contributed by atoms with Crippen molar-refractivity contribution in [2.24, 2.45) is 0 Å². The summed E-state index contributed by atoms with van der Waals surface area (Å²) >= 11 is 11.7. The molecule has 0 saturated heterocycles. The molecular formula is C11H8Cl2N2O. The maximum absolute atomic E-state index is 5.92. The molecule has 16 heavy (non-hydrogen) atoms. The Kier molecular flexibility index (Phi) is 3.27. The number of hydrogen-bond donors (Lipinski definition) is 0. The molecule has 5 heteroatoms. The molecule has 2 aromatic rings. The van der Waals surface area contributed by atoms with Crippen molar-refractivity contribution in [1.29, 1.82) is 0 Å². The number of nitrogens with zero attached hydrogens (tertiary/aromatic N) is 2. The average Bonchev–Trinajstić information content (AvgIpc) is 2.33. The SMILES string of the molecule is COc1ccc(-c2ccc(Cl)c(Cl)c2)nn1. The minimum absolute atomic E-state index is 0.476. The summed E-state index contributed by atoms with van der Waals surface area (Å²) in [5.74, 6) is 0.476. The maximum Gasteiger partial charge on any atom is 0.233 e. The second-order valence-electron chi connectivity index (χ2n) is 3.09. The summed E-state index contributed by atoms with van der Waals surface area (Å²) in [6.45, 7) is 0. The molecule has 0 aliphatic heterocycles. The molecule has 0 aliphatic rings. The lowest BCUT2D eigenvalue weighted by molar-refractivity contribution is 0.392. The number of ether oxygens (including phenoxy) is 1. The van der Waals surface area contributed by atoms with E-state index in [2.05, 4.69) is 10.2 Å². The van der Waals surface area contributed by atoms with Crippen LogP contribution in [-0.2, 0) is 0 Å². The van der Waals surface area contributed by atoms with Crippen molar-refractivity contribution in [3.8, 4) is 17.1 Å². The summed E-state index contributed by atoms with van der Waals surface area (Å²) < 4.78 is 4.93. The lowest BCUT2D eigenvalue weighted by Gasteiger charge is -2.02. The molecule has 0 saturated carbocycles. The monoisotopic (exact) mass is 254 g/mol. The molecule has 0 fully saturated rings. The lowest BCUT2D eigenvalue weighted by Crippen LogP contribution is -1.91. The smallest absolute Gasteiger partial charge is 0.233 e. The van der Waals surface area contributed by atoms with Crippen LogP contribution >= 0.6 is 23.2 Å². The second kappa shape index (κ2) is 4.68. The first-order chi connectivity index (χ1) is 7.70. The predicted molar refractivity (Wildman–Crippen MR) is 64.0 cm³/mol. The van der Waals surface area contributed by atoms with Crippen LogP contribution in [-0.4, -0.2) is 17.3 Å². The molecule has 2 rings (SSSR count). The minimum Gasteiger partial charge on any atom is -0.480 e. The van der Waals surface area contributed by atoms with Crippen LogP contribution in [0.1, 0.15) is 0 Å². The Hall–Kier alpha value is -1.32. The van der Waals surface area contributed by atoms with Gasteiger partial charge in [0, 0.05) is 11.6 Å². The largest absolute Gasteiger partial charge is 0.480 e. The van der Waals surface area contributed by atoms with Crippen molar-refractivity contribution in [3.63, 3.8) is 0 Å². The standard InChI is InChI=1S/C11H8Cl2N2O/c1-16-11-5-4-10(14-15-11)7-2-3-8(12)9(13)6-7/h2-6H,1H3. The summed E-state index contributed by atoms with van der Waals surface area (Å²) in [5, 5.41) is 8.91. The van der Waals surface area contributed by atoms with E-state index in [1.165, 1.54) is 0 Å². The number of hydrogen-bond acceptors (Lipinski definition) is 3. The molecule has 1 aromatic heterocycles. The van der Waals surface area contributed by atoms with Crippen molar-refractivity contribution >= 4 is 23.2 Å². The van der Waals surface area contributed by atoms with Gasteiger partial charge in [-0.1, -0.05) is 29.3 Å². The summed E-state index contributed by atoms with van der Waals surface area (Å²) in [6, 6.07) is 8.87. The third-order valence-electron chi connectivity index (χ3n) is 2.06. The highest BCUT2D eigenvalue weighted by atomic mass is 35.5. The van der Waals surface area contributed by atoms with E-state index in [9.17, 15) is 0 Å². The Morgan fingerprint density at radius 1 is 1.00 bits per heavy atom. The van der Waals surface area contributed by atoms with Crippen molar-refractivity contribution in [2.75, 3.05) is 7.11 Å². The first-order valence-corrected chi connectivity index (χ1v) is 5.29. The summed E-state index contributed by atoms with van der Waals surface area (Å²) in [6.07, 6.45) is 0. The fourth-order valence-corrected chi connectivity index (χ4v) is 1.54. The lowest BCUT2D eigenvalue weighted by atomic mass is 10.1. The van der Waals surface area contributed by atoms with Crippen LogP contribution in [0.5, 0.6) is 5.88 Å². The number of methoxy groups -OCH3 is 1. The molecule has 1 heterocycles. The Morgan fingerprint density at radius 3 is 2.38 bits per heavy atom. The topological polar surface area (TPSA) is 35.0 Å². The van der Waals surface area contributed by atoms with Gasteiger partial charge in [0.25, 0.3) is 0 Å². The third kappa shape index (κ3) is 2.26. The zero-order valence-electron chi connectivity index (χ0n) is 8.45. The predicted octanol–water partition coefficient (Wildman–Crippen LogP) is 3.46. The van der Waals surface area contributed by atoms with Gasteiger partial charge in [-0.15, -0.1) is 10.2 Å². The van der Waals surface area contributed by atoms with Gasteiger partial charge in [0.2, 0.25) is 5.88 Å². The zero-order valence-corrected chi connectivity index (χ0v) is 9.96. The van der Waals surface area contributed by atoms with E-state index in [0.717, 1.165) is 11.3 Å². The van der Waals surface area contributed by atoms with Crippen molar-refractivity contribution in [3.05, 3.63) is 40.4 Å². The quantitative estimate of drug-likeness (QED) is 0.824. The summed E-state index contributed by atoms with van der Waals surface area (Å²) in [7, 11) is 1.54. The fourth-order valence-electron chi connectivity index (χ4n) is 1.24. The van der Waals surface area contributed by atoms with Gasteiger partial charge in [-0.25, -0.2) is 0 Å². The maximum atomic E-state index is 5.92. The molecule has 0 aliphatic carbocycles. The first kappa shape index (κ1) is 11.2. The van der Waals surface area contributed by atoms with Gasteiger partial charge in [0.05, 0.1) is 22.8 Å². The summed E-state index contributed by atoms with van der Waals surface area (Å²) in [5.41, 5.74) is 1.59. The molecular weight excluding hydrogens is 247 g/mol. The van der Waals surface area contributed by atoms with E-state index in [1.54, 1.807) is 25.3 Å². The Balaban J connectivity index is 2.38. The normalized spacial score (nSPS) is 10.2. The van der Waals surface area contributed by atoms with E-state index < -0.39 is 0 Å². The van der Waals surface area contributed by atoms with Gasteiger partial charge < -0.3 is 4.74 Å². The second-order valence-corrected chi connectivity index (χ2v) is 3.90. The van der Waals surface area contributed by atoms with E-state index in [-0.39, 0.29) is 0 Å². The highest BCUT2D eigenvalue weighted by molar-refractivity contribution is 6.42. The van der Waals surface area contributed by atoms with Crippen LogP contribution in [0.15, 0.2) is 30.3 Å². The third-order valence-corrected chi connectivity index (χ3v) is 2.80. The Bertz CT molecular complexity index is 500. The van der Waals surface area contributed by atoms with E-state index >= 15 is 0 Å². The van der Waals surface area contributed by atoms with Gasteiger partial charge in [-0.3, -0.25) is 0 Å². The van der Waals surface area contributed by atoms with Gasteiger partial charge in [-0.2, -0.15) is 0 Å². The van der Waals surface area contributed by atoms with Crippen LogP contribution in [0, 0.1) is 0 Å². The molecule has 82 valence electrons. The fraction of sp³-hybridized carbons (Fsp3) is 0.0909. The molecule has 0 unspecified atom stereocenters. The Morgan fingerprint density at radius 2 is 1.81 bits per heavy atom. The van der Waals surface area contributed by atoms with E-state index in [0.29, 0.717) is 15.9 Å². The summed E-state index contributed by atoms with van der Waals surface area (Å²) in [4.78, 5) is 0.